The number of amides is 1. The number of carbonyl (C=O) groups excluding carboxylic acids is 1. The van der Waals surface area contributed by atoms with Gasteiger partial charge in [0.2, 0.25) is 0 Å². The first-order valence-corrected chi connectivity index (χ1v) is 12.9. The van der Waals surface area contributed by atoms with Crippen LogP contribution >= 0.6 is 22.9 Å². The molecule has 0 radical (unpaired) electrons. The van der Waals surface area contributed by atoms with Crippen LogP contribution in [0.3, 0.4) is 0 Å². The lowest BCUT2D eigenvalue weighted by atomic mass is 9.99. The zero-order valence-electron chi connectivity index (χ0n) is 20.3. The molecule has 0 aliphatic carbocycles. The third kappa shape index (κ3) is 4.97. The summed E-state index contributed by atoms with van der Waals surface area (Å²) in [4.78, 5) is 36.7. The molecule has 0 saturated carbocycles. The van der Waals surface area contributed by atoms with Gasteiger partial charge in [-0.15, -0.1) is 0 Å². The van der Waals surface area contributed by atoms with Crippen LogP contribution in [0, 0.1) is 6.92 Å². The van der Waals surface area contributed by atoms with E-state index in [1.54, 1.807) is 37.7 Å². The summed E-state index contributed by atoms with van der Waals surface area (Å²) in [6.45, 7) is 8.93. The maximum atomic E-state index is 13.3. The number of aromatic nitrogens is 4. The number of fused-ring (bicyclic) bond motifs is 1. The Bertz CT molecular complexity index is 1420. The number of hydrogen-bond acceptors (Lipinski definition) is 9. The van der Waals surface area contributed by atoms with Gasteiger partial charge in [-0.3, -0.25) is 15.1 Å². The van der Waals surface area contributed by atoms with E-state index in [4.69, 9.17) is 21.3 Å². The number of methoxy groups -OCH3 is 1. The molecule has 1 aliphatic rings. The number of halogens is 1. The van der Waals surface area contributed by atoms with Gasteiger partial charge in [-0.2, -0.15) is 4.98 Å². The lowest BCUT2D eigenvalue weighted by molar-refractivity contribution is 0.102. The van der Waals surface area contributed by atoms with Crippen LogP contribution in [0.4, 0.5) is 10.9 Å². The highest BCUT2D eigenvalue weighted by atomic mass is 35.5. The fraction of sp³-hybridized carbons (Fsp3) is 0.320. The zero-order valence-corrected chi connectivity index (χ0v) is 21.9. The predicted octanol–water partition coefficient (Wildman–Crippen LogP) is 4.51. The predicted molar refractivity (Wildman–Crippen MR) is 143 cm³/mol. The molecule has 1 saturated heterocycles. The van der Waals surface area contributed by atoms with Gasteiger partial charge in [-0.25, -0.2) is 9.97 Å². The minimum Gasteiger partial charge on any atom is -0.496 e. The van der Waals surface area contributed by atoms with E-state index in [1.165, 1.54) is 11.3 Å². The second-order valence-corrected chi connectivity index (χ2v) is 9.88. The first-order valence-electron chi connectivity index (χ1n) is 11.7. The number of ether oxygens (including phenoxy) is 1. The molecular weight excluding hydrogens is 498 g/mol. The molecule has 0 unspecified atom stereocenters. The molecule has 0 atom stereocenters. The number of piperazine rings is 1. The molecule has 5 rings (SSSR count). The number of rotatable bonds is 6. The summed E-state index contributed by atoms with van der Waals surface area (Å²) >= 11 is 7.55. The molecule has 3 aromatic heterocycles. The van der Waals surface area contributed by atoms with Crippen LogP contribution in [0.15, 0.2) is 36.7 Å². The van der Waals surface area contributed by atoms with Crippen molar-refractivity contribution in [3.05, 3.63) is 52.9 Å². The van der Waals surface area contributed by atoms with Crippen LogP contribution in [0.5, 0.6) is 5.75 Å². The summed E-state index contributed by atoms with van der Waals surface area (Å²) in [6.07, 6.45) is 3.31. The number of nitrogens with zero attached hydrogens (tertiary/aromatic N) is 6. The molecule has 0 bridgehead atoms. The number of carbonyl (C=O) groups is 1. The van der Waals surface area contributed by atoms with Gasteiger partial charge in [-0.05, 0) is 37.7 Å². The van der Waals surface area contributed by atoms with E-state index in [1.807, 2.05) is 13.0 Å². The zero-order chi connectivity index (χ0) is 25.2. The molecule has 36 heavy (non-hydrogen) atoms. The Labute approximate surface area is 218 Å². The molecule has 1 aromatic carbocycles. The quantitative estimate of drug-likeness (QED) is 0.394. The van der Waals surface area contributed by atoms with Crippen molar-refractivity contribution < 1.29 is 9.53 Å². The third-order valence-corrected chi connectivity index (χ3v) is 7.30. The van der Waals surface area contributed by atoms with E-state index in [9.17, 15) is 4.79 Å². The van der Waals surface area contributed by atoms with Crippen molar-refractivity contribution in [2.75, 3.05) is 50.1 Å². The number of benzene rings is 1. The molecule has 1 aliphatic heterocycles. The number of nitrogens with one attached hydrogen (secondary N) is 1. The topological polar surface area (TPSA) is 96.4 Å². The Balaban J connectivity index is 1.41. The molecule has 0 spiro atoms. The monoisotopic (exact) mass is 523 g/mol. The number of aryl methyl sites for hydroxylation is 1. The van der Waals surface area contributed by atoms with Crippen LogP contribution in [-0.4, -0.2) is 70.6 Å². The Morgan fingerprint density at radius 1 is 1.11 bits per heavy atom. The standard InChI is InChI=1S/C25H26ClN7O2S/c1-4-32-7-9-33(10-8-32)21-14-28-22-24(29-21)36-25(30-22)31-23(34)19-13-27-15(2)11-17(19)18-12-16(26)5-6-20(18)35-3/h5-6,11-14H,4,7-10H2,1-3H3,(H,28,30,31,34). The van der Waals surface area contributed by atoms with E-state index >= 15 is 0 Å². The summed E-state index contributed by atoms with van der Waals surface area (Å²) in [5.41, 5.74) is 3.04. The smallest absolute Gasteiger partial charge is 0.259 e. The van der Waals surface area contributed by atoms with Gasteiger partial charge < -0.3 is 14.5 Å². The van der Waals surface area contributed by atoms with E-state index < -0.39 is 0 Å². The lowest BCUT2D eigenvalue weighted by Crippen LogP contribution is -2.46. The van der Waals surface area contributed by atoms with Gasteiger partial charge in [0.25, 0.3) is 5.91 Å². The Morgan fingerprint density at radius 2 is 1.92 bits per heavy atom. The SMILES string of the molecule is CCN1CCN(c2cnc3nc(NC(=O)c4cnc(C)cc4-c4cc(Cl)ccc4OC)sc3n2)CC1. The highest BCUT2D eigenvalue weighted by molar-refractivity contribution is 7.21. The van der Waals surface area contributed by atoms with Crippen LogP contribution in [0.1, 0.15) is 23.0 Å². The third-order valence-electron chi connectivity index (χ3n) is 6.21. The van der Waals surface area contributed by atoms with Gasteiger partial charge in [0.15, 0.2) is 15.6 Å². The average molecular weight is 524 g/mol. The number of pyridine rings is 1. The maximum absolute atomic E-state index is 13.3. The normalized spacial score (nSPS) is 14.3. The summed E-state index contributed by atoms with van der Waals surface area (Å²) < 4.78 is 5.52. The first kappa shape index (κ1) is 24.4. The molecule has 4 heterocycles. The van der Waals surface area contributed by atoms with Gasteiger partial charge in [0.05, 0.1) is 18.9 Å². The van der Waals surface area contributed by atoms with Crippen LogP contribution in [-0.2, 0) is 0 Å². The van der Waals surface area contributed by atoms with Gasteiger partial charge in [0, 0.05) is 54.2 Å². The van der Waals surface area contributed by atoms with Crippen molar-refractivity contribution >= 4 is 50.3 Å². The molecule has 1 fully saturated rings. The Kier molecular flexibility index (Phi) is 6.99. The number of thiazole rings is 1. The summed E-state index contributed by atoms with van der Waals surface area (Å²) in [5, 5.41) is 3.86. The van der Waals surface area contributed by atoms with Crippen molar-refractivity contribution in [3.8, 4) is 16.9 Å². The second kappa shape index (κ2) is 10.3. The largest absolute Gasteiger partial charge is 0.496 e. The summed E-state index contributed by atoms with van der Waals surface area (Å²) in [6, 6.07) is 7.14. The Morgan fingerprint density at radius 3 is 2.67 bits per heavy atom. The molecule has 1 amide bonds. The second-order valence-electron chi connectivity index (χ2n) is 8.47. The number of hydrogen-bond donors (Lipinski definition) is 1. The van der Waals surface area contributed by atoms with Gasteiger partial charge in [-0.1, -0.05) is 29.9 Å². The molecular formula is C25H26ClN7O2S. The highest BCUT2D eigenvalue weighted by Gasteiger charge is 2.21. The van der Waals surface area contributed by atoms with Crippen molar-refractivity contribution in [1.82, 2.24) is 24.8 Å². The average Bonchev–Trinajstić information content (AvgIpc) is 3.30. The van der Waals surface area contributed by atoms with E-state index in [2.05, 4.69) is 37.0 Å². The molecule has 9 nitrogen and oxygen atoms in total. The highest BCUT2D eigenvalue weighted by Crippen LogP contribution is 2.35. The first-order chi connectivity index (χ1) is 17.4. The van der Waals surface area contributed by atoms with Crippen molar-refractivity contribution in [1.29, 1.82) is 0 Å². The van der Waals surface area contributed by atoms with Gasteiger partial charge >= 0.3 is 0 Å². The van der Waals surface area contributed by atoms with Crippen molar-refractivity contribution in [3.63, 3.8) is 0 Å². The Hall–Kier alpha value is -3.34. The number of likely N-dealkylation sites (N-methyl/N-ethyl adjacent to an activating group) is 1. The van der Waals surface area contributed by atoms with E-state index in [0.717, 1.165) is 44.2 Å². The minimum absolute atomic E-state index is 0.338. The summed E-state index contributed by atoms with van der Waals surface area (Å²) in [7, 11) is 1.58. The molecule has 1 N–H and O–H groups in total. The van der Waals surface area contributed by atoms with Crippen molar-refractivity contribution in [2.24, 2.45) is 0 Å². The molecule has 4 aromatic rings. The minimum atomic E-state index is -0.338. The molecule has 186 valence electrons. The fourth-order valence-electron chi connectivity index (χ4n) is 4.23. The lowest BCUT2D eigenvalue weighted by Gasteiger charge is -2.34. The molecule has 11 heteroatoms. The van der Waals surface area contributed by atoms with E-state index in [0.29, 0.717) is 43.1 Å². The number of anilines is 2. The fourth-order valence-corrected chi connectivity index (χ4v) is 5.19. The van der Waals surface area contributed by atoms with E-state index in [-0.39, 0.29) is 5.91 Å². The van der Waals surface area contributed by atoms with Crippen LogP contribution in [0.25, 0.3) is 21.6 Å². The maximum Gasteiger partial charge on any atom is 0.259 e. The van der Waals surface area contributed by atoms with Crippen molar-refractivity contribution in [2.45, 2.75) is 13.8 Å². The van der Waals surface area contributed by atoms with Gasteiger partial charge in [0.1, 0.15) is 11.6 Å². The summed E-state index contributed by atoms with van der Waals surface area (Å²) in [5.74, 6) is 1.10. The van der Waals surface area contributed by atoms with Crippen LogP contribution < -0.4 is 15.0 Å². The van der Waals surface area contributed by atoms with Crippen LogP contribution in [0.2, 0.25) is 5.02 Å².